The SMILES string of the molecule is CCn1cc(C#N)c(=O)c2ccc(C)c(C)c21. The second-order valence-electron chi connectivity index (χ2n) is 4.17. The number of rotatable bonds is 1. The van der Waals surface area contributed by atoms with Crippen molar-refractivity contribution >= 4 is 10.9 Å². The molecule has 0 amide bonds. The number of aryl methyl sites for hydroxylation is 3. The van der Waals surface area contributed by atoms with E-state index in [1.807, 2.05) is 43.5 Å². The molecule has 0 saturated carbocycles. The van der Waals surface area contributed by atoms with Crippen LogP contribution in [0.5, 0.6) is 0 Å². The smallest absolute Gasteiger partial charge is 0.207 e. The molecule has 0 unspecified atom stereocenters. The predicted molar refractivity (Wildman–Crippen MR) is 68.1 cm³/mol. The fraction of sp³-hybridized carbons (Fsp3) is 0.286. The highest BCUT2D eigenvalue weighted by Gasteiger charge is 2.10. The van der Waals surface area contributed by atoms with Crippen molar-refractivity contribution in [2.24, 2.45) is 0 Å². The van der Waals surface area contributed by atoms with E-state index in [2.05, 4.69) is 0 Å². The van der Waals surface area contributed by atoms with E-state index < -0.39 is 0 Å². The maximum absolute atomic E-state index is 12.1. The third kappa shape index (κ3) is 1.62. The van der Waals surface area contributed by atoms with Crippen molar-refractivity contribution < 1.29 is 0 Å². The molecule has 3 nitrogen and oxygen atoms in total. The molecule has 0 N–H and O–H groups in total. The number of benzene rings is 1. The van der Waals surface area contributed by atoms with Crippen molar-refractivity contribution in [2.45, 2.75) is 27.3 Å². The van der Waals surface area contributed by atoms with Crippen molar-refractivity contribution in [2.75, 3.05) is 0 Å². The first-order valence-electron chi connectivity index (χ1n) is 5.63. The van der Waals surface area contributed by atoms with Gasteiger partial charge in [-0.15, -0.1) is 0 Å². The Morgan fingerprint density at radius 3 is 2.65 bits per heavy atom. The van der Waals surface area contributed by atoms with Crippen LogP contribution in [-0.2, 0) is 6.54 Å². The van der Waals surface area contributed by atoms with Crippen LogP contribution in [0.4, 0.5) is 0 Å². The lowest BCUT2D eigenvalue weighted by atomic mass is 10.0. The van der Waals surface area contributed by atoms with Gasteiger partial charge in [0.05, 0.1) is 5.52 Å². The quantitative estimate of drug-likeness (QED) is 0.750. The second kappa shape index (κ2) is 4.06. The average Bonchev–Trinajstić information content (AvgIpc) is 2.34. The lowest BCUT2D eigenvalue weighted by molar-refractivity contribution is 0.783. The molecular weight excluding hydrogens is 212 g/mol. The molecule has 0 fully saturated rings. The van der Waals surface area contributed by atoms with E-state index in [9.17, 15) is 4.79 Å². The van der Waals surface area contributed by atoms with Crippen LogP contribution in [-0.4, -0.2) is 4.57 Å². The fourth-order valence-corrected chi connectivity index (χ4v) is 2.11. The van der Waals surface area contributed by atoms with Gasteiger partial charge in [-0.2, -0.15) is 5.26 Å². The number of fused-ring (bicyclic) bond motifs is 1. The molecule has 0 aliphatic rings. The Labute approximate surface area is 99.9 Å². The van der Waals surface area contributed by atoms with Crippen molar-refractivity contribution in [3.63, 3.8) is 0 Å². The van der Waals surface area contributed by atoms with Gasteiger partial charge in [-0.05, 0) is 38.0 Å². The van der Waals surface area contributed by atoms with Crippen LogP contribution in [0.3, 0.4) is 0 Å². The molecule has 0 atom stereocenters. The van der Waals surface area contributed by atoms with Crippen molar-refractivity contribution in [1.29, 1.82) is 5.26 Å². The molecule has 0 spiro atoms. The van der Waals surface area contributed by atoms with Gasteiger partial charge in [-0.25, -0.2) is 0 Å². The van der Waals surface area contributed by atoms with Crippen LogP contribution < -0.4 is 5.43 Å². The van der Waals surface area contributed by atoms with E-state index >= 15 is 0 Å². The summed E-state index contributed by atoms with van der Waals surface area (Å²) in [6, 6.07) is 5.71. The van der Waals surface area contributed by atoms with Crippen molar-refractivity contribution in [3.05, 3.63) is 45.2 Å². The summed E-state index contributed by atoms with van der Waals surface area (Å²) in [5.74, 6) is 0. The van der Waals surface area contributed by atoms with E-state index in [1.165, 1.54) is 0 Å². The van der Waals surface area contributed by atoms with E-state index in [0.29, 0.717) is 5.39 Å². The molecule has 0 bridgehead atoms. The Bertz CT molecular complexity index is 690. The van der Waals surface area contributed by atoms with Gasteiger partial charge >= 0.3 is 0 Å². The van der Waals surface area contributed by atoms with E-state index in [-0.39, 0.29) is 11.0 Å². The largest absolute Gasteiger partial charge is 0.346 e. The van der Waals surface area contributed by atoms with E-state index in [1.54, 1.807) is 6.20 Å². The highest BCUT2D eigenvalue weighted by molar-refractivity contribution is 5.84. The van der Waals surface area contributed by atoms with Crippen LogP contribution in [0.25, 0.3) is 10.9 Å². The summed E-state index contributed by atoms with van der Waals surface area (Å²) in [7, 11) is 0. The molecule has 2 rings (SSSR count). The predicted octanol–water partition coefficient (Wildman–Crippen LogP) is 2.51. The molecular formula is C14H14N2O. The van der Waals surface area contributed by atoms with Crippen molar-refractivity contribution in [3.8, 4) is 6.07 Å². The lowest BCUT2D eigenvalue weighted by Gasteiger charge is -2.13. The molecule has 0 saturated heterocycles. The summed E-state index contributed by atoms with van der Waals surface area (Å²) < 4.78 is 1.97. The lowest BCUT2D eigenvalue weighted by Crippen LogP contribution is -2.13. The van der Waals surface area contributed by atoms with E-state index in [4.69, 9.17) is 5.26 Å². The number of aromatic nitrogens is 1. The number of nitriles is 1. The molecule has 17 heavy (non-hydrogen) atoms. The molecule has 1 aromatic carbocycles. The number of nitrogens with zero attached hydrogens (tertiary/aromatic N) is 2. The summed E-state index contributed by atoms with van der Waals surface area (Å²) in [5.41, 5.74) is 3.24. The fourth-order valence-electron chi connectivity index (χ4n) is 2.11. The monoisotopic (exact) mass is 226 g/mol. The minimum atomic E-state index is -0.171. The minimum absolute atomic E-state index is 0.171. The third-order valence-corrected chi connectivity index (χ3v) is 3.22. The van der Waals surface area contributed by atoms with Gasteiger partial charge in [-0.1, -0.05) is 6.07 Å². The second-order valence-corrected chi connectivity index (χ2v) is 4.17. The van der Waals surface area contributed by atoms with Crippen LogP contribution in [0, 0.1) is 25.2 Å². The Hall–Kier alpha value is -2.08. The topological polar surface area (TPSA) is 45.8 Å². The molecule has 0 radical (unpaired) electrons. The standard InChI is InChI=1S/C14H14N2O/c1-4-16-8-11(7-15)14(17)12-6-5-9(2)10(3)13(12)16/h5-6,8H,4H2,1-3H3. The maximum atomic E-state index is 12.1. The Morgan fingerprint density at radius 2 is 2.06 bits per heavy atom. The first kappa shape index (κ1) is 11.4. The zero-order valence-electron chi connectivity index (χ0n) is 10.2. The van der Waals surface area contributed by atoms with Gasteiger partial charge in [0.1, 0.15) is 11.6 Å². The van der Waals surface area contributed by atoms with Crippen LogP contribution in [0.15, 0.2) is 23.1 Å². The van der Waals surface area contributed by atoms with Gasteiger partial charge in [0, 0.05) is 18.1 Å². The zero-order valence-corrected chi connectivity index (χ0v) is 10.2. The van der Waals surface area contributed by atoms with Crippen LogP contribution in [0.1, 0.15) is 23.6 Å². The third-order valence-electron chi connectivity index (χ3n) is 3.22. The van der Waals surface area contributed by atoms with Gasteiger partial charge < -0.3 is 4.57 Å². The molecule has 1 heterocycles. The molecule has 86 valence electrons. The van der Waals surface area contributed by atoms with Gasteiger partial charge in [0.15, 0.2) is 0 Å². The normalized spacial score (nSPS) is 10.5. The highest BCUT2D eigenvalue weighted by Crippen LogP contribution is 2.19. The summed E-state index contributed by atoms with van der Waals surface area (Å²) in [4.78, 5) is 12.1. The number of hydrogen-bond donors (Lipinski definition) is 0. The number of pyridine rings is 1. The molecule has 3 heteroatoms. The molecule has 2 aromatic rings. The van der Waals surface area contributed by atoms with Gasteiger partial charge in [0.25, 0.3) is 0 Å². The average molecular weight is 226 g/mol. The highest BCUT2D eigenvalue weighted by atomic mass is 16.1. The summed E-state index contributed by atoms with van der Waals surface area (Å²) in [6.45, 7) is 6.79. The molecule has 1 aromatic heterocycles. The summed E-state index contributed by atoms with van der Waals surface area (Å²) in [5, 5.41) is 9.59. The Balaban J connectivity index is 3.07. The van der Waals surface area contributed by atoms with Gasteiger partial charge in [-0.3, -0.25) is 4.79 Å². The minimum Gasteiger partial charge on any atom is -0.346 e. The molecule has 0 aliphatic heterocycles. The Morgan fingerprint density at radius 1 is 1.35 bits per heavy atom. The van der Waals surface area contributed by atoms with Crippen LogP contribution >= 0.6 is 0 Å². The van der Waals surface area contributed by atoms with E-state index in [0.717, 1.165) is 23.2 Å². The molecule has 0 aliphatic carbocycles. The summed E-state index contributed by atoms with van der Waals surface area (Å²) >= 11 is 0. The first-order chi connectivity index (χ1) is 8.10. The maximum Gasteiger partial charge on any atom is 0.207 e. The van der Waals surface area contributed by atoms with Crippen LogP contribution in [0.2, 0.25) is 0 Å². The zero-order chi connectivity index (χ0) is 12.6. The van der Waals surface area contributed by atoms with Crippen molar-refractivity contribution in [1.82, 2.24) is 4.57 Å². The number of hydrogen-bond acceptors (Lipinski definition) is 2. The van der Waals surface area contributed by atoms with Gasteiger partial charge in [0.2, 0.25) is 5.43 Å². The summed E-state index contributed by atoms with van der Waals surface area (Å²) in [6.07, 6.45) is 1.65. The Kier molecular flexibility index (Phi) is 2.72. The first-order valence-corrected chi connectivity index (χ1v) is 5.63.